The summed E-state index contributed by atoms with van der Waals surface area (Å²) in [7, 11) is 0. The third kappa shape index (κ3) is 3.62. The molecule has 0 bridgehead atoms. The van der Waals surface area contributed by atoms with Crippen molar-refractivity contribution < 1.29 is 13.2 Å². The van der Waals surface area contributed by atoms with E-state index in [9.17, 15) is 13.2 Å². The van der Waals surface area contributed by atoms with Gasteiger partial charge in [0.25, 0.3) is 0 Å². The minimum atomic E-state index is -4.33. The fraction of sp³-hybridized carbons (Fsp3) is 0.500. The van der Waals surface area contributed by atoms with Gasteiger partial charge in [0.05, 0.1) is 0 Å². The molecule has 1 N–H and O–H groups in total. The molecule has 2 nitrogen and oxygen atoms in total. The highest BCUT2D eigenvalue weighted by Crippen LogP contribution is 2.41. The van der Waals surface area contributed by atoms with Gasteiger partial charge in [0, 0.05) is 35.7 Å². The van der Waals surface area contributed by atoms with Crippen molar-refractivity contribution in [3.05, 3.63) is 33.3 Å². The Morgan fingerprint density at radius 3 is 2.47 bits per heavy atom. The molecule has 1 atom stereocenters. The van der Waals surface area contributed by atoms with E-state index >= 15 is 0 Å². The van der Waals surface area contributed by atoms with Crippen LogP contribution in [0.4, 0.5) is 13.2 Å². The lowest BCUT2D eigenvalue weighted by atomic mass is 10.0. The van der Waals surface area contributed by atoms with E-state index in [0.29, 0.717) is 35.7 Å². The molecule has 0 unspecified atom stereocenters. The maximum Gasteiger partial charge on any atom is 0.408 e. The van der Waals surface area contributed by atoms with E-state index in [-0.39, 0.29) is 5.56 Å². The van der Waals surface area contributed by atoms with E-state index in [1.54, 1.807) is 12.1 Å². The summed E-state index contributed by atoms with van der Waals surface area (Å²) in [5.74, 6) is 0. The van der Waals surface area contributed by atoms with Gasteiger partial charge in [-0.2, -0.15) is 13.2 Å². The van der Waals surface area contributed by atoms with Crippen LogP contribution in [-0.4, -0.2) is 37.3 Å². The number of nitrogens with zero attached hydrogens (tertiary/aromatic N) is 1. The van der Waals surface area contributed by atoms with E-state index < -0.39 is 12.2 Å². The quantitative estimate of drug-likeness (QED) is 0.870. The zero-order valence-corrected chi connectivity index (χ0v) is 12.3. The van der Waals surface area contributed by atoms with Crippen molar-refractivity contribution >= 4 is 27.5 Å². The Morgan fingerprint density at radius 1 is 1.26 bits per heavy atom. The highest BCUT2D eigenvalue weighted by Gasteiger charge is 2.45. The first-order valence-corrected chi connectivity index (χ1v) is 7.03. The molecule has 7 heteroatoms. The summed E-state index contributed by atoms with van der Waals surface area (Å²) in [6.07, 6.45) is -4.33. The van der Waals surface area contributed by atoms with Gasteiger partial charge in [-0.05, 0) is 23.8 Å². The van der Waals surface area contributed by atoms with Crippen LogP contribution in [0.15, 0.2) is 22.7 Å². The lowest BCUT2D eigenvalue weighted by Gasteiger charge is -2.36. The van der Waals surface area contributed by atoms with Crippen LogP contribution in [0, 0.1) is 0 Å². The smallest absolute Gasteiger partial charge is 0.314 e. The molecule has 1 aliphatic heterocycles. The highest BCUT2D eigenvalue weighted by molar-refractivity contribution is 9.10. The van der Waals surface area contributed by atoms with E-state index in [1.807, 2.05) is 0 Å². The fourth-order valence-electron chi connectivity index (χ4n) is 2.24. The molecule has 1 aliphatic rings. The molecular weight excluding hydrogens is 344 g/mol. The molecule has 0 amide bonds. The topological polar surface area (TPSA) is 15.3 Å². The molecule has 1 fully saturated rings. The van der Waals surface area contributed by atoms with E-state index in [0.717, 1.165) is 0 Å². The third-order valence-electron chi connectivity index (χ3n) is 3.08. The average Bonchev–Trinajstić information content (AvgIpc) is 2.33. The number of halogens is 5. The monoisotopic (exact) mass is 356 g/mol. The number of piperazine rings is 1. The molecule has 19 heavy (non-hydrogen) atoms. The van der Waals surface area contributed by atoms with Crippen molar-refractivity contribution in [1.82, 2.24) is 10.2 Å². The Kier molecular flexibility index (Phi) is 4.76. The first-order chi connectivity index (χ1) is 8.89. The minimum Gasteiger partial charge on any atom is -0.314 e. The van der Waals surface area contributed by atoms with Gasteiger partial charge < -0.3 is 5.32 Å². The molecule has 0 aromatic heterocycles. The molecule has 1 saturated heterocycles. The van der Waals surface area contributed by atoms with Gasteiger partial charge in [0.1, 0.15) is 6.04 Å². The number of alkyl halides is 3. The average molecular weight is 358 g/mol. The van der Waals surface area contributed by atoms with Gasteiger partial charge in [-0.25, -0.2) is 0 Å². The summed E-state index contributed by atoms with van der Waals surface area (Å²) in [5, 5.41) is 3.36. The third-order valence-corrected chi connectivity index (χ3v) is 4.04. The second kappa shape index (κ2) is 5.99. The molecule has 2 rings (SSSR count). The van der Waals surface area contributed by atoms with Crippen LogP contribution in [0.5, 0.6) is 0 Å². The summed E-state index contributed by atoms with van der Waals surface area (Å²) in [4.78, 5) is 1.44. The SMILES string of the molecule is FC(F)(F)[C@@H](c1cc(Cl)ccc1Br)N1CCNCC1. The molecule has 0 spiro atoms. The van der Waals surface area contributed by atoms with Crippen LogP contribution in [-0.2, 0) is 0 Å². The summed E-state index contributed by atoms with van der Waals surface area (Å²) in [6, 6.07) is 2.88. The molecule has 106 valence electrons. The van der Waals surface area contributed by atoms with Crippen LogP contribution in [0.1, 0.15) is 11.6 Å². The molecule has 0 aliphatic carbocycles. The highest BCUT2D eigenvalue weighted by atomic mass is 79.9. The van der Waals surface area contributed by atoms with Crippen LogP contribution < -0.4 is 5.32 Å². The minimum absolute atomic E-state index is 0.168. The standard InChI is InChI=1S/C12H13BrClF3N2/c13-10-2-1-8(14)7-9(10)11(12(15,16)17)19-5-3-18-4-6-19/h1-2,7,11,18H,3-6H2/t11-/m1/s1. The number of nitrogens with one attached hydrogen (secondary N) is 1. The number of hydrogen-bond donors (Lipinski definition) is 1. The summed E-state index contributed by atoms with van der Waals surface area (Å²) in [6.45, 7) is 1.85. The normalized spacial score (nSPS) is 19.4. The molecule has 0 radical (unpaired) electrons. The van der Waals surface area contributed by atoms with Gasteiger partial charge in [0.15, 0.2) is 0 Å². The van der Waals surface area contributed by atoms with Gasteiger partial charge >= 0.3 is 6.18 Å². The predicted octanol–water partition coefficient (Wildman–Crippen LogP) is 3.61. The van der Waals surface area contributed by atoms with Crippen molar-refractivity contribution in [2.45, 2.75) is 12.2 Å². The van der Waals surface area contributed by atoms with E-state index in [4.69, 9.17) is 11.6 Å². The zero-order valence-electron chi connectivity index (χ0n) is 9.97. The maximum absolute atomic E-state index is 13.4. The van der Waals surface area contributed by atoms with Crippen molar-refractivity contribution in [2.24, 2.45) is 0 Å². The first kappa shape index (κ1) is 15.1. The lowest BCUT2D eigenvalue weighted by molar-refractivity contribution is -0.188. The Hall–Kier alpha value is -0.300. The van der Waals surface area contributed by atoms with Crippen molar-refractivity contribution in [3.63, 3.8) is 0 Å². The van der Waals surface area contributed by atoms with Crippen molar-refractivity contribution in [1.29, 1.82) is 0 Å². The Balaban J connectivity index is 2.39. The summed E-state index contributed by atoms with van der Waals surface area (Å²) in [5.41, 5.74) is 0.168. The number of rotatable bonds is 2. The Bertz CT molecular complexity index is 447. The molecule has 1 aromatic carbocycles. The van der Waals surface area contributed by atoms with Crippen LogP contribution in [0.25, 0.3) is 0 Å². The van der Waals surface area contributed by atoms with Crippen LogP contribution >= 0.6 is 27.5 Å². The van der Waals surface area contributed by atoms with Crippen molar-refractivity contribution in [3.8, 4) is 0 Å². The van der Waals surface area contributed by atoms with Gasteiger partial charge in [0.2, 0.25) is 0 Å². The molecular formula is C12H13BrClF3N2. The second-order valence-corrected chi connectivity index (χ2v) is 5.69. The fourth-order valence-corrected chi connectivity index (χ4v) is 2.89. The number of benzene rings is 1. The van der Waals surface area contributed by atoms with Crippen molar-refractivity contribution in [2.75, 3.05) is 26.2 Å². The van der Waals surface area contributed by atoms with E-state index in [2.05, 4.69) is 21.2 Å². The second-order valence-electron chi connectivity index (χ2n) is 4.40. The molecule has 1 heterocycles. The lowest BCUT2D eigenvalue weighted by Crippen LogP contribution is -2.49. The molecule has 1 aromatic rings. The first-order valence-electron chi connectivity index (χ1n) is 5.86. The maximum atomic E-state index is 13.4. The number of hydrogen-bond acceptors (Lipinski definition) is 2. The van der Waals surface area contributed by atoms with Gasteiger partial charge in [-0.15, -0.1) is 0 Å². The summed E-state index contributed by atoms with van der Waals surface area (Å²) < 4.78 is 40.6. The van der Waals surface area contributed by atoms with Gasteiger partial charge in [-0.1, -0.05) is 27.5 Å². The predicted molar refractivity (Wildman–Crippen MR) is 72.4 cm³/mol. The molecule has 0 saturated carbocycles. The van der Waals surface area contributed by atoms with Gasteiger partial charge in [-0.3, -0.25) is 4.90 Å². The Morgan fingerprint density at radius 2 is 1.89 bits per heavy atom. The largest absolute Gasteiger partial charge is 0.408 e. The zero-order chi connectivity index (χ0) is 14.0. The van der Waals surface area contributed by atoms with Crippen LogP contribution in [0.2, 0.25) is 5.02 Å². The van der Waals surface area contributed by atoms with Crippen LogP contribution in [0.3, 0.4) is 0 Å². The van der Waals surface area contributed by atoms with E-state index in [1.165, 1.54) is 11.0 Å². The Labute approximate surface area is 123 Å². The summed E-state index contributed by atoms with van der Waals surface area (Å²) >= 11 is 9.02.